The standard InChI is InChI=1S/C16H21ClN2O2/c1-4-5-16(20)19-8-10(2)12-9-18-14-7-13(17)15(21-3)6-11(12)14/h6-7,9-10,18H,4-5,8H2,1-3H3,(H,19,20). The number of methoxy groups -OCH3 is 1. The lowest BCUT2D eigenvalue weighted by Crippen LogP contribution is -2.26. The summed E-state index contributed by atoms with van der Waals surface area (Å²) in [4.78, 5) is 14.8. The normalized spacial score (nSPS) is 12.4. The zero-order chi connectivity index (χ0) is 15.4. The molecule has 0 radical (unpaired) electrons. The number of ether oxygens (including phenoxy) is 1. The predicted molar refractivity (Wildman–Crippen MR) is 86.2 cm³/mol. The number of benzene rings is 1. The van der Waals surface area contributed by atoms with Crippen LogP contribution in [0.25, 0.3) is 10.9 Å². The molecule has 0 aliphatic carbocycles. The molecule has 2 aromatic rings. The van der Waals surface area contributed by atoms with Gasteiger partial charge in [0.1, 0.15) is 5.75 Å². The number of amides is 1. The molecular weight excluding hydrogens is 288 g/mol. The quantitative estimate of drug-likeness (QED) is 0.851. The van der Waals surface area contributed by atoms with Gasteiger partial charge in [0.25, 0.3) is 0 Å². The van der Waals surface area contributed by atoms with E-state index in [2.05, 4.69) is 17.2 Å². The van der Waals surface area contributed by atoms with Crippen LogP contribution in [0.4, 0.5) is 0 Å². The van der Waals surface area contributed by atoms with Crippen molar-refractivity contribution in [3.8, 4) is 5.75 Å². The van der Waals surface area contributed by atoms with Gasteiger partial charge in [-0.2, -0.15) is 0 Å². The van der Waals surface area contributed by atoms with Gasteiger partial charge >= 0.3 is 0 Å². The Labute approximate surface area is 129 Å². The highest BCUT2D eigenvalue weighted by Gasteiger charge is 2.14. The highest BCUT2D eigenvalue weighted by atomic mass is 35.5. The fraction of sp³-hybridized carbons (Fsp3) is 0.438. The van der Waals surface area contributed by atoms with Gasteiger partial charge in [0, 0.05) is 36.0 Å². The van der Waals surface area contributed by atoms with Gasteiger partial charge in [-0.3, -0.25) is 4.79 Å². The van der Waals surface area contributed by atoms with Crippen LogP contribution < -0.4 is 10.1 Å². The summed E-state index contributed by atoms with van der Waals surface area (Å²) in [5.41, 5.74) is 2.12. The Morgan fingerprint density at radius 2 is 2.24 bits per heavy atom. The topological polar surface area (TPSA) is 54.1 Å². The Hall–Kier alpha value is -1.68. The Balaban J connectivity index is 2.19. The Bertz CT molecular complexity index is 636. The molecule has 2 N–H and O–H groups in total. The molecule has 0 aliphatic rings. The molecule has 1 amide bonds. The van der Waals surface area contributed by atoms with Gasteiger partial charge in [0.15, 0.2) is 0 Å². The van der Waals surface area contributed by atoms with E-state index in [0.717, 1.165) is 22.9 Å². The first-order valence-corrected chi connectivity index (χ1v) is 7.55. The van der Waals surface area contributed by atoms with E-state index >= 15 is 0 Å². The maximum Gasteiger partial charge on any atom is 0.220 e. The first-order valence-electron chi connectivity index (χ1n) is 7.18. The number of H-pyrrole nitrogens is 1. The van der Waals surface area contributed by atoms with Gasteiger partial charge in [-0.1, -0.05) is 25.4 Å². The molecule has 114 valence electrons. The number of nitrogens with one attached hydrogen (secondary N) is 2. The average Bonchev–Trinajstić information content (AvgIpc) is 2.86. The van der Waals surface area contributed by atoms with Gasteiger partial charge in [-0.05, 0) is 24.1 Å². The molecule has 21 heavy (non-hydrogen) atoms. The minimum atomic E-state index is 0.102. The van der Waals surface area contributed by atoms with E-state index in [1.165, 1.54) is 0 Å². The van der Waals surface area contributed by atoms with Crippen molar-refractivity contribution in [2.24, 2.45) is 0 Å². The van der Waals surface area contributed by atoms with Crippen LogP contribution in [0.1, 0.15) is 38.2 Å². The van der Waals surface area contributed by atoms with Crippen molar-refractivity contribution in [3.63, 3.8) is 0 Å². The zero-order valence-corrected chi connectivity index (χ0v) is 13.4. The number of carbonyl (C=O) groups is 1. The van der Waals surface area contributed by atoms with E-state index in [-0.39, 0.29) is 11.8 Å². The lowest BCUT2D eigenvalue weighted by molar-refractivity contribution is -0.121. The molecule has 1 unspecified atom stereocenters. The van der Waals surface area contributed by atoms with Crippen LogP contribution in [0.5, 0.6) is 5.75 Å². The van der Waals surface area contributed by atoms with E-state index in [1.807, 2.05) is 25.3 Å². The van der Waals surface area contributed by atoms with E-state index in [9.17, 15) is 4.79 Å². The predicted octanol–water partition coefficient (Wildman–Crippen LogP) is 3.85. The molecule has 1 aromatic carbocycles. The molecule has 2 rings (SSSR count). The van der Waals surface area contributed by atoms with Crippen LogP contribution in [0.15, 0.2) is 18.3 Å². The molecule has 0 fully saturated rings. The van der Waals surface area contributed by atoms with E-state index < -0.39 is 0 Å². The van der Waals surface area contributed by atoms with Gasteiger partial charge in [-0.25, -0.2) is 0 Å². The second-order valence-corrected chi connectivity index (χ2v) is 5.64. The first-order chi connectivity index (χ1) is 10.1. The number of carbonyl (C=O) groups excluding carboxylic acids is 1. The van der Waals surface area contributed by atoms with Crippen molar-refractivity contribution < 1.29 is 9.53 Å². The summed E-state index contributed by atoms with van der Waals surface area (Å²) >= 11 is 6.13. The molecule has 0 bridgehead atoms. The molecule has 5 heteroatoms. The molecule has 1 atom stereocenters. The molecule has 1 heterocycles. The van der Waals surface area contributed by atoms with E-state index in [4.69, 9.17) is 16.3 Å². The molecule has 0 saturated heterocycles. The summed E-state index contributed by atoms with van der Waals surface area (Å²) in [6.07, 6.45) is 3.41. The Morgan fingerprint density at radius 3 is 2.90 bits per heavy atom. The highest BCUT2D eigenvalue weighted by molar-refractivity contribution is 6.32. The van der Waals surface area contributed by atoms with Crippen molar-refractivity contribution in [2.75, 3.05) is 13.7 Å². The zero-order valence-electron chi connectivity index (χ0n) is 12.6. The minimum absolute atomic E-state index is 0.102. The van der Waals surface area contributed by atoms with Gasteiger partial charge in [-0.15, -0.1) is 0 Å². The average molecular weight is 309 g/mol. The molecule has 4 nitrogen and oxygen atoms in total. The van der Waals surface area contributed by atoms with Crippen LogP contribution in [-0.4, -0.2) is 24.5 Å². The van der Waals surface area contributed by atoms with Crippen molar-refractivity contribution >= 4 is 28.4 Å². The number of hydrogen-bond donors (Lipinski definition) is 2. The van der Waals surface area contributed by atoms with E-state index in [1.54, 1.807) is 7.11 Å². The molecule has 0 spiro atoms. The number of aromatic nitrogens is 1. The van der Waals surface area contributed by atoms with Crippen molar-refractivity contribution in [1.29, 1.82) is 0 Å². The van der Waals surface area contributed by atoms with Crippen LogP contribution in [-0.2, 0) is 4.79 Å². The summed E-state index contributed by atoms with van der Waals surface area (Å²) in [5, 5.41) is 4.63. The van der Waals surface area contributed by atoms with E-state index in [0.29, 0.717) is 23.7 Å². The smallest absolute Gasteiger partial charge is 0.220 e. The largest absolute Gasteiger partial charge is 0.495 e. The summed E-state index contributed by atoms with van der Waals surface area (Å²) in [7, 11) is 1.60. The fourth-order valence-electron chi connectivity index (χ4n) is 2.40. The lowest BCUT2D eigenvalue weighted by Gasteiger charge is -2.12. The van der Waals surface area contributed by atoms with Crippen LogP contribution >= 0.6 is 11.6 Å². The van der Waals surface area contributed by atoms with Crippen molar-refractivity contribution in [2.45, 2.75) is 32.6 Å². The second-order valence-electron chi connectivity index (χ2n) is 5.23. The summed E-state index contributed by atoms with van der Waals surface area (Å²) in [6.45, 7) is 4.71. The third-order valence-corrected chi connectivity index (χ3v) is 3.89. The monoisotopic (exact) mass is 308 g/mol. The number of aromatic amines is 1. The maximum atomic E-state index is 11.6. The lowest BCUT2D eigenvalue weighted by atomic mass is 10.00. The summed E-state index contributed by atoms with van der Waals surface area (Å²) in [5.74, 6) is 0.975. The molecular formula is C16H21ClN2O2. The molecule has 1 aromatic heterocycles. The third-order valence-electron chi connectivity index (χ3n) is 3.60. The second kappa shape index (κ2) is 6.85. The van der Waals surface area contributed by atoms with Crippen molar-refractivity contribution in [1.82, 2.24) is 10.3 Å². The minimum Gasteiger partial charge on any atom is -0.495 e. The Kier molecular flexibility index (Phi) is 5.12. The number of rotatable bonds is 6. The third kappa shape index (κ3) is 3.50. The molecule has 0 saturated carbocycles. The Morgan fingerprint density at radius 1 is 1.48 bits per heavy atom. The van der Waals surface area contributed by atoms with Gasteiger partial charge in [0.05, 0.1) is 12.1 Å². The SMILES string of the molecule is CCCC(=O)NCC(C)c1c[nH]c2cc(Cl)c(OC)cc12. The first kappa shape index (κ1) is 15.7. The maximum absolute atomic E-state index is 11.6. The van der Waals surface area contributed by atoms with Crippen LogP contribution in [0.2, 0.25) is 5.02 Å². The number of halogens is 1. The van der Waals surface area contributed by atoms with Crippen LogP contribution in [0.3, 0.4) is 0 Å². The number of fused-ring (bicyclic) bond motifs is 1. The fourth-order valence-corrected chi connectivity index (χ4v) is 2.64. The van der Waals surface area contributed by atoms with Gasteiger partial charge in [0.2, 0.25) is 5.91 Å². The number of hydrogen-bond acceptors (Lipinski definition) is 2. The van der Waals surface area contributed by atoms with Crippen LogP contribution in [0, 0.1) is 0 Å². The van der Waals surface area contributed by atoms with Gasteiger partial charge < -0.3 is 15.0 Å². The molecule has 0 aliphatic heterocycles. The van der Waals surface area contributed by atoms with Crippen molar-refractivity contribution in [3.05, 3.63) is 28.9 Å². The highest BCUT2D eigenvalue weighted by Crippen LogP contribution is 2.33. The summed E-state index contributed by atoms with van der Waals surface area (Å²) < 4.78 is 5.27. The summed E-state index contributed by atoms with van der Waals surface area (Å²) in [6, 6.07) is 3.80.